The van der Waals surface area contributed by atoms with Crippen molar-refractivity contribution in [2.45, 2.75) is 57.7 Å². The lowest BCUT2D eigenvalue weighted by Crippen LogP contribution is -2.48. The average Bonchev–Trinajstić information content (AvgIpc) is 2.81. The average molecular weight is 548 g/mol. The molecule has 2 amide bonds. The van der Waals surface area contributed by atoms with Crippen LogP contribution in [-0.2, 0) is 23.7 Å². The van der Waals surface area contributed by atoms with E-state index in [2.05, 4.69) is 0 Å². The van der Waals surface area contributed by atoms with Crippen LogP contribution in [0.3, 0.4) is 0 Å². The number of nitrogens with zero attached hydrogens (tertiary/aromatic N) is 2. The van der Waals surface area contributed by atoms with E-state index in [-0.39, 0.29) is 31.0 Å². The fraction of sp³-hybridized carbons (Fsp3) is 0.462. The summed E-state index contributed by atoms with van der Waals surface area (Å²) >= 11 is 0. The van der Waals surface area contributed by atoms with Crippen LogP contribution >= 0.6 is 0 Å². The summed E-state index contributed by atoms with van der Waals surface area (Å²) < 4.78 is 93.3. The summed E-state index contributed by atoms with van der Waals surface area (Å²) in [5.41, 5.74) is -2.31. The molecule has 5 nitrogen and oxygen atoms in total. The van der Waals surface area contributed by atoms with E-state index in [1.807, 2.05) is 0 Å². The van der Waals surface area contributed by atoms with Crippen LogP contribution in [-0.4, -0.2) is 46.4 Å². The molecule has 1 aliphatic rings. The van der Waals surface area contributed by atoms with E-state index >= 15 is 0 Å². The van der Waals surface area contributed by atoms with E-state index in [0.717, 1.165) is 4.90 Å². The van der Waals surface area contributed by atoms with Gasteiger partial charge in [-0.15, -0.1) is 0 Å². The van der Waals surface area contributed by atoms with Crippen LogP contribution in [0.4, 0.5) is 35.5 Å². The molecule has 0 saturated carbocycles. The van der Waals surface area contributed by atoms with E-state index in [4.69, 9.17) is 0 Å². The van der Waals surface area contributed by atoms with Gasteiger partial charge in [-0.3, -0.25) is 4.79 Å². The Bertz CT molecular complexity index is 1160. The Morgan fingerprint density at radius 3 is 2.13 bits per heavy atom. The minimum Gasteiger partial charge on any atom is -0.386 e. The summed E-state index contributed by atoms with van der Waals surface area (Å²) in [7, 11) is 1.25. The van der Waals surface area contributed by atoms with Gasteiger partial charge in [-0.25, -0.2) is 9.18 Å². The smallest absolute Gasteiger partial charge is 0.386 e. The van der Waals surface area contributed by atoms with Crippen LogP contribution < -0.4 is 0 Å². The number of rotatable bonds is 5. The Morgan fingerprint density at radius 2 is 1.63 bits per heavy atom. The lowest BCUT2D eigenvalue weighted by molar-refractivity contribution is -0.143. The number of benzene rings is 2. The molecule has 1 saturated heterocycles. The highest BCUT2D eigenvalue weighted by Crippen LogP contribution is 2.39. The van der Waals surface area contributed by atoms with Crippen molar-refractivity contribution < 1.29 is 45.4 Å². The molecule has 2 aromatic carbocycles. The number of carbonyl (C=O) groups excluding carboxylic acids is 2. The molecule has 1 fully saturated rings. The van der Waals surface area contributed by atoms with Crippen LogP contribution in [0, 0.1) is 18.7 Å². The Hall–Kier alpha value is -3.15. The minimum absolute atomic E-state index is 0.0165. The number of piperidine rings is 1. The van der Waals surface area contributed by atoms with Crippen LogP contribution in [0.2, 0.25) is 0 Å². The molecule has 38 heavy (non-hydrogen) atoms. The predicted molar refractivity (Wildman–Crippen MR) is 123 cm³/mol. The van der Waals surface area contributed by atoms with E-state index in [1.165, 1.54) is 37.1 Å². The zero-order valence-corrected chi connectivity index (χ0v) is 20.8. The second-order valence-electron chi connectivity index (χ2n) is 9.56. The molecule has 3 rings (SSSR count). The molecule has 0 bridgehead atoms. The third-order valence-corrected chi connectivity index (χ3v) is 6.65. The molecule has 1 unspecified atom stereocenters. The summed E-state index contributed by atoms with van der Waals surface area (Å²) in [6.45, 7) is 2.43. The van der Waals surface area contributed by atoms with Crippen LogP contribution in [0.25, 0.3) is 0 Å². The van der Waals surface area contributed by atoms with Crippen molar-refractivity contribution in [3.8, 4) is 0 Å². The summed E-state index contributed by atoms with van der Waals surface area (Å²) in [4.78, 5) is 28.3. The third-order valence-electron chi connectivity index (χ3n) is 6.65. The van der Waals surface area contributed by atoms with Crippen LogP contribution in [0.1, 0.15) is 53.6 Å². The van der Waals surface area contributed by atoms with Gasteiger partial charge in [-0.05, 0) is 73.7 Å². The van der Waals surface area contributed by atoms with Crippen molar-refractivity contribution >= 4 is 11.8 Å². The molecule has 0 radical (unpaired) electrons. The lowest BCUT2D eigenvalue weighted by atomic mass is 9.82. The van der Waals surface area contributed by atoms with Crippen molar-refractivity contribution in [3.63, 3.8) is 0 Å². The van der Waals surface area contributed by atoms with E-state index in [9.17, 15) is 45.4 Å². The highest BCUT2D eigenvalue weighted by Gasteiger charge is 2.39. The zero-order valence-electron chi connectivity index (χ0n) is 20.8. The van der Waals surface area contributed by atoms with Gasteiger partial charge in [0.25, 0.3) is 0 Å². The minimum atomic E-state index is -5.03. The number of amides is 2. The van der Waals surface area contributed by atoms with Gasteiger partial charge >= 0.3 is 18.4 Å². The molecule has 1 aliphatic heterocycles. The highest BCUT2D eigenvalue weighted by atomic mass is 19.4. The van der Waals surface area contributed by atoms with Crippen molar-refractivity contribution in [2.75, 3.05) is 13.6 Å². The second-order valence-corrected chi connectivity index (χ2v) is 9.56. The molecule has 2 aromatic rings. The summed E-state index contributed by atoms with van der Waals surface area (Å²) in [5, 5.41) is 9.76. The van der Waals surface area contributed by atoms with Crippen LogP contribution in [0.5, 0.6) is 0 Å². The number of urea groups is 1. The lowest BCUT2D eigenvalue weighted by Gasteiger charge is -2.41. The van der Waals surface area contributed by atoms with E-state index in [1.54, 1.807) is 6.92 Å². The topological polar surface area (TPSA) is 60.9 Å². The quantitative estimate of drug-likeness (QED) is 0.458. The van der Waals surface area contributed by atoms with Gasteiger partial charge in [0.2, 0.25) is 0 Å². The largest absolute Gasteiger partial charge is 0.416 e. The Balaban J connectivity index is 1.93. The first-order valence-electron chi connectivity index (χ1n) is 11.8. The number of hydrogen-bond acceptors (Lipinski definition) is 3. The molecule has 1 N–H and O–H groups in total. The molecule has 12 heteroatoms. The summed E-state index contributed by atoms with van der Waals surface area (Å²) in [6, 6.07) is 3.63. The molecule has 208 valence electrons. The molecular formula is C26H27F7N2O3. The molecule has 1 heterocycles. The van der Waals surface area contributed by atoms with Crippen LogP contribution in [0.15, 0.2) is 36.4 Å². The number of aryl methyl sites for hydroxylation is 1. The number of aliphatic hydroxyl groups excluding tert-OH is 1. The number of likely N-dealkylation sites (tertiary alicyclic amines) is 1. The van der Waals surface area contributed by atoms with Crippen molar-refractivity contribution in [1.29, 1.82) is 0 Å². The van der Waals surface area contributed by atoms with Crippen molar-refractivity contribution in [1.82, 2.24) is 9.80 Å². The Morgan fingerprint density at radius 1 is 1.05 bits per heavy atom. The molecule has 0 spiro atoms. The predicted octanol–water partition coefficient (Wildman–Crippen LogP) is 6.13. The summed E-state index contributed by atoms with van der Waals surface area (Å²) in [5.74, 6) is -1.53. The fourth-order valence-corrected chi connectivity index (χ4v) is 4.77. The van der Waals surface area contributed by atoms with Crippen molar-refractivity contribution in [3.05, 3.63) is 70.0 Å². The maximum atomic E-state index is 13.7. The first kappa shape index (κ1) is 29.4. The number of Topliss-reactive ketones (excluding diaryl/α,β-unsaturated/α-hetero) is 1. The van der Waals surface area contributed by atoms with Gasteiger partial charge < -0.3 is 14.9 Å². The van der Waals surface area contributed by atoms with Gasteiger partial charge in [0.1, 0.15) is 11.9 Å². The first-order valence-corrected chi connectivity index (χ1v) is 11.8. The number of aliphatic hydroxyl groups is 1. The Kier molecular flexibility index (Phi) is 8.45. The number of ketones is 1. The maximum Gasteiger partial charge on any atom is 0.416 e. The van der Waals surface area contributed by atoms with Gasteiger partial charge in [0, 0.05) is 26.1 Å². The second kappa shape index (κ2) is 10.9. The molecular weight excluding hydrogens is 521 g/mol. The Labute approximate surface area is 214 Å². The van der Waals surface area contributed by atoms with E-state index < -0.39 is 65.7 Å². The van der Waals surface area contributed by atoms with Gasteiger partial charge in [0.15, 0.2) is 5.78 Å². The fourth-order valence-electron chi connectivity index (χ4n) is 4.77. The summed E-state index contributed by atoms with van der Waals surface area (Å²) in [6.07, 6.45) is -11.0. The van der Waals surface area contributed by atoms with Gasteiger partial charge in [-0.2, -0.15) is 26.3 Å². The zero-order chi connectivity index (χ0) is 28.6. The highest BCUT2D eigenvalue weighted by molar-refractivity contribution is 5.85. The number of carbonyl (C=O) groups is 2. The SMILES string of the molecule is Cc1cc(F)ccc1[C@@H]1C[C@H](C(=O)C(C)O)CCN1C(=O)N(C)Cc1cc(C(F)(F)F)cc(C(F)(F)F)c1. The molecule has 3 atom stereocenters. The standard InChI is InChI=1S/C26H27F7N2O3/c1-14-8-20(27)4-5-21(14)22-11-17(23(37)15(2)36)6-7-35(22)24(38)34(3)13-16-9-18(25(28,29)30)12-19(10-16)26(31,32)33/h4-5,8-10,12,15,17,22,36H,6-7,11,13H2,1-3H3/t15?,17-,22+/m1/s1. The molecule has 0 aliphatic carbocycles. The monoisotopic (exact) mass is 548 g/mol. The maximum absolute atomic E-state index is 13.7. The normalized spacial score (nSPS) is 19.3. The first-order chi connectivity index (χ1) is 17.5. The third kappa shape index (κ3) is 6.64. The van der Waals surface area contributed by atoms with Gasteiger partial charge in [-0.1, -0.05) is 6.07 Å². The number of hydrogen-bond donors (Lipinski definition) is 1. The van der Waals surface area contributed by atoms with Crippen molar-refractivity contribution in [2.24, 2.45) is 5.92 Å². The number of alkyl halides is 6. The van der Waals surface area contributed by atoms with E-state index in [0.29, 0.717) is 23.3 Å². The number of halogens is 7. The molecule has 0 aromatic heterocycles. The van der Waals surface area contributed by atoms with Gasteiger partial charge in [0.05, 0.1) is 17.2 Å².